The summed E-state index contributed by atoms with van der Waals surface area (Å²) >= 11 is 0. The largest absolute Gasteiger partial charge is 0.573 e. The van der Waals surface area contributed by atoms with Gasteiger partial charge in [0, 0.05) is 0 Å². The van der Waals surface area contributed by atoms with Crippen LogP contribution in [-0.2, 0) is 6.61 Å². The van der Waals surface area contributed by atoms with Crippen molar-refractivity contribution in [2.75, 3.05) is 19.7 Å². The minimum atomic E-state index is -4.79. The van der Waals surface area contributed by atoms with Gasteiger partial charge < -0.3 is 19.5 Å². The number of rotatable bonds is 8. The molecule has 0 amide bonds. The highest BCUT2D eigenvalue weighted by atomic mass is 35.5. The van der Waals surface area contributed by atoms with E-state index in [0.717, 1.165) is 42.6 Å². The maximum atomic E-state index is 12.9. The number of benzene rings is 3. The predicted octanol–water partition coefficient (Wildman–Crippen LogP) is 6.63. The van der Waals surface area contributed by atoms with Crippen LogP contribution in [0.25, 0.3) is 11.1 Å². The highest BCUT2D eigenvalue weighted by molar-refractivity contribution is 5.85. The molecule has 182 valence electrons. The molecule has 0 aromatic heterocycles. The van der Waals surface area contributed by atoms with Crippen LogP contribution >= 0.6 is 12.4 Å². The zero-order valence-corrected chi connectivity index (χ0v) is 19.3. The topological polar surface area (TPSA) is 39.7 Å². The third kappa shape index (κ3) is 7.57. The lowest BCUT2D eigenvalue weighted by atomic mass is 9.99. The molecule has 4 nitrogen and oxygen atoms in total. The summed E-state index contributed by atoms with van der Waals surface area (Å²) in [4.78, 5) is 0. The van der Waals surface area contributed by atoms with Gasteiger partial charge in [-0.05, 0) is 72.8 Å². The van der Waals surface area contributed by atoms with E-state index in [1.54, 1.807) is 12.1 Å². The number of nitrogens with one attached hydrogen (secondary N) is 1. The zero-order valence-electron chi connectivity index (χ0n) is 18.5. The summed E-state index contributed by atoms with van der Waals surface area (Å²) in [5.41, 5.74) is 2.64. The first-order valence-corrected chi connectivity index (χ1v) is 11.0. The molecular weight excluding hydrogens is 467 g/mol. The smallest absolute Gasteiger partial charge is 0.489 e. The molecule has 0 spiro atoms. The monoisotopic (exact) mass is 493 g/mol. The van der Waals surface area contributed by atoms with E-state index in [0.29, 0.717) is 24.9 Å². The molecule has 1 N–H and O–H groups in total. The van der Waals surface area contributed by atoms with Crippen molar-refractivity contribution >= 4 is 12.4 Å². The summed E-state index contributed by atoms with van der Waals surface area (Å²) in [6.07, 6.45) is -2.93. The van der Waals surface area contributed by atoms with Crippen LogP contribution in [0.2, 0.25) is 0 Å². The second-order valence-electron chi connectivity index (χ2n) is 8.01. The van der Waals surface area contributed by atoms with Gasteiger partial charge in [-0.25, -0.2) is 0 Å². The second kappa shape index (κ2) is 12.0. The number of alkyl halides is 3. The Hall–Kier alpha value is -2.90. The van der Waals surface area contributed by atoms with E-state index in [1.165, 1.54) is 6.07 Å². The number of hydrogen-bond acceptors (Lipinski definition) is 4. The second-order valence-corrected chi connectivity index (χ2v) is 8.01. The van der Waals surface area contributed by atoms with Crippen molar-refractivity contribution in [3.63, 3.8) is 0 Å². The molecule has 1 saturated heterocycles. The Morgan fingerprint density at radius 2 is 1.47 bits per heavy atom. The van der Waals surface area contributed by atoms with Crippen LogP contribution < -0.4 is 19.5 Å². The van der Waals surface area contributed by atoms with Crippen LogP contribution in [0.1, 0.15) is 18.4 Å². The molecule has 3 aromatic carbocycles. The minimum absolute atomic E-state index is 0. The summed E-state index contributed by atoms with van der Waals surface area (Å²) in [6.45, 7) is 2.58. The van der Waals surface area contributed by atoms with E-state index in [4.69, 9.17) is 9.47 Å². The van der Waals surface area contributed by atoms with Crippen molar-refractivity contribution in [3.8, 4) is 28.4 Å². The third-order valence-corrected chi connectivity index (χ3v) is 5.54. The molecule has 0 atom stereocenters. The van der Waals surface area contributed by atoms with Gasteiger partial charge in [0.05, 0.1) is 6.61 Å². The van der Waals surface area contributed by atoms with Crippen molar-refractivity contribution in [1.29, 1.82) is 0 Å². The van der Waals surface area contributed by atoms with E-state index in [1.807, 2.05) is 54.6 Å². The van der Waals surface area contributed by atoms with Gasteiger partial charge in [0.15, 0.2) is 11.5 Å². The Labute approximate surface area is 203 Å². The van der Waals surface area contributed by atoms with Crippen molar-refractivity contribution in [1.82, 2.24) is 5.32 Å². The standard InChI is InChI=1S/C26H26F3NO3.ClH/c27-26(28,29)33-24-11-8-22(16-25(24)32-18-20-12-14-30-15-13-20)21-6-9-23(10-7-21)31-17-19-4-2-1-3-5-19;/h1-11,16,20,30H,12-15,17-18H2;1H. The predicted molar refractivity (Wildman–Crippen MR) is 128 cm³/mol. The number of halogens is 4. The third-order valence-electron chi connectivity index (χ3n) is 5.54. The van der Waals surface area contributed by atoms with Crippen LogP contribution in [-0.4, -0.2) is 26.1 Å². The first-order valence-electron chi connectivity index (χ1n) is 11.0. The number of ether oxygens (including phenoxy) is 3. The Bertz CT molecular complexity index is 1020. The van der Waals surface area contributed by atoms with Crippen LogP contribution in [0.5, 0.6) is 17.2 Å². The van der Waals surface area contributed by atoms with Crippen LogP contribution in [0.4, 0.5) is 13.2 Å². The maximum absolute atomic E-state index is 12.9. The first-order chi connectivity index (χ1) is 16.0. The molecule has 4 rings (SSSR count). The molecule has 1 aliphatic rings. The van der Waals surface area contributed by atoms with Crippen LogP contribution in [0, 0.1) is 5.92 Å². The molecule has 0 radical (unpaired) electrons. The molecule has 1 heterocycles. The fraction of sp³-hybridized carbons (Fsp3) is 0.308. The van der Waals surface area contributed by atoms with Gasteiger partial charge in [-0.3, -0.25) is 0 Å². The van der Waals surface area contributed by atoms with E-state index in [9.17, 15) is 13.2 Å². The number of piperidine rings is 1. The van der Waals surface area contributed by atoms with Crippen molar-refractivity contribution in [2.24, 2.45) is 5.92 Å². The van der Waals surface area contributed by atoms with Crippen LogP contribution in [0.15, 0.2) is 72.8 Å². The molecule has 0 bridgehead atoms. The van der Waals surface area contributed by atoms with Gasteiger partial charge in [0.1, 0.15) is 12.4 Å². The molecule has 34 heavy (non-hydrogen) atoms. The average molecular weight is 494 g/mol. The lowest BCUT2D eigenvalue weighted by molar-refractivity contribution is -0.275. The Balaban J connectivity index is 0.00000324. The normalized spacial score (nSPS) is 14.2. The fourth-order valence-corrected chi connectivity index (χ4v) is 3.75. The summed E-state index contributed by atoms with van der Waals surface area (Å²) in [5, 5.41) is 3.27. The maximum Gasteiger partial charge on any atom is 0.573 e. The molecule has 0 unspecified atom stereocenters. The number of hydrogen-bond donors (Lipinski definition) is 1. The quantitative estimate of drug-likeness (QED) is 0.382. The van der Waals surface area contributed by atoms with Crippen molar-refractivity contribution in [3.05, 3.63) is 78.4 Å². The van der Waals surface area contributed by atoms with Gasteiger partial charge in [-0.2, -0.15) is 0 Å². The van der Waals surface area contributed by atoms with E-state index >= 15 is 0 Å². The molecule has 8 heteroatoms. The minimum Gasteiger partial charge on any atom is -0.489 e. The summed E-state index contributed by atoms with van der Waals surface area (Å²) < 4.78 is 54.5. The van der Waals surface area contributed by atoms with E-state index in [-0.39, 0.29) is 23.9 Å². The highest BCUT2D eigenvalue weighted by Gasteiger charge is 2.32. The van der Waals surface area contributed by atoms with E-state index < -0.39 is 6.36 Å². The van der Waals surface area contributed by atoms with Gasteiger partial charge in [-0.1, -0.05) is 48.5 Å². The Morgan fingerprint density at radius 3 is 2.15 bits per heavy atom. The molecule has 3 aromatic rings. The zero-order chi connectivity index (χ0) is 23.1. The van der Waals surface area contributed by atoms with Crippen molar-refractivity contribution in [2.45, 2.75) is 25.8 Å². The van der Waals surface area contributed by atoms with Crippen molar-refractivity contribution < 1.29 is 27.4 Å². The fourth-order valence-electron chi connectivity index (χ4n) is 3.75. The molecule has 1 aliphatic heterocycles. The lowest BCUT2D eigenvalue weighted by Gasteiger charge is -2.23. The Kier molecular flexibility index (Phi) is 9.07. The molecule has 0 aliphatic carbocycles. The lowest BCUT2D eigenvalue weighted by Crippen LogP contribution is -2.30. The van der Waals surface area contributed by atoms with Crippen LogP contribution in [0.3, 0.4) is 0 Å². The SMILES string of the molecule is Cl.FC(F)(F)Oc1ccc(-c2ccc(OCc3ccccc3)cc2)cc1OCC1CCNCC1. The summed E-state index contributed by atoms with van der Waals surface area (Å²) in [7, 11) is 0. The molecule has 1 fully saturated rings. The first kappa shape index (κ1) is 25.7. The average Bonchev–Trinajstić information content (AvgIpc) is 2.83. The summed E-state index contributed by atoms with van der Waals surface area (Å²) in [5.74, 6) is 0.771. The Morgan fingerprint density at radius 1 is 0.794 bits per heavy atom. The van der Waals surface area contributed by atoms with Gasteiger partial charge in [0.25, 0.3) is 0 Å². The van der Waals surface area contributed by atoms with Gasteiger partial charge in [-0.15, -0.1) is 25.6 Å². The van der Waals surface area contributed by atoms with Gasteiger partial charge in [0.2, 0.25) is 0 Å². The molecule has 0 saturated carbocycles. The molecular formula is C26H27ClF3NO3. The highest BCUT2D eigenvalue weighted by Crippen LogP contribution is 2.37. The van der Waals surface area contributed by atoms with E-state index in [2.05, 4.69) is 10.1 Å². The summed E-state index contributed by atoms with van der Waals surface area (Å²) in [6, 6.07) is 21.8. The van der Waals surface area contributed by atoms with Gasteiger partial charge >= 0.3 is 6.36 Å².